The molecular weight excluding hydrogens is 324 g/mol. The Morgan fingerprint density at radius 1 is 1.23 bits per heavy atom. The number of fused-ring (bicyclic) bond motifs is 3. The standard InChI is InChI=1S/C22H20N2O2/c1-13-9-16(10-14(2)21(13)25)22(26)19-11-17(12-23)20-18-6-4-3-5-15(18)7-8-24(19)20/h3-10,17,19-20,25H,11H2,1-2H3. The van der Waals surface area contributed by atoms with Crippen LogP contribution >= 0.6 is 0 Å². The molecule has 130 valence electrons. The van der Waals surface area contributed by atoms with Crippen LogP contribution in [0.2, 0.25) is 0 Å². The summed E-state index contributed by atoms with van der Waals surface area (Å²) >= 11 is 0. The molecule has 0 aliphatic carbocycles. The van der Waals surface area contributed by atoms with Crippen molar-refractivity contribution >= 4 is 11.9 Å². The molecule has 2 aromatic carbocycles. The molecule has 4 heteroatoms. The van der Waals surface area contributed by atoms with E-state index in [9.17, 15) is 15.2 Å². The molecule has 0 bridgehead atoms. The van der Waals surface area contributed by atoms with Gasteiger partial charge in [-0.2, -0.15) is 5.26 Å². The molecule has 1 fully saturated rings. The molecule has 2 aromatic rings. The van der Waals surface area contributed by atoms with Crippen LogP contribution in [0.4, 0.5) is 0 Å². The Bertz CT molecular complexity index is 947. The highest BCUT2D eigenvalue weighted by Crippen LogP contribution is 2.45. The third-order valence-electron chi connectivity index (χ3n) is 5.52. The van der Waals surface area contributed by atoms with Crippen LogP contribution in [0.1, 0.15) is 45.1 Å². The molecule has 4 nitrogen and oxygen atoms in total. The first-order valence-corrected chi connectivity index (χ1v) is 8.80. The summed E-state index contributed by atoms with van der Waals surface area (Å²) in [5.74, 6) is 0.00452. The highest BCUT2D eigenvalue weighted by Gasteiger charge is 2.45. The van der Waals surface area contributed by atoms with Crippen LogP contribution in [0.25, 0.3) is 6.08 Å². The number of hydrogen-bond donors (Lipinski definition) is 1. The minimum absolute atomic E-state index is 0.00276. The fraction of sp³-hybridized carbons (Fsp3) is 0.273. The molecule has 2 heterocycles. The summed E-state index contributed by atoms with van der Waals surface area (Å²) in [6.07, 6.45) is 4.48. The number of carbonyl (C=O) groups excluding carboxylic acids is 1. The summed E-state index contributed by atoms with van der Waals surface area (Å²) in [5, 5.41) is 19.7. The molecule has 0 spiro atoms. The zero-order chi connectivity index (χ0) is 18.4. The second-order valence-corrected chi connectivity index (χ2v) is 7.15. The molecule has 1 N–H and O–H groups in total. The largest absolute Gasteiger partial charge is 0.507 e. The summed E-state index contributed by atoms with van der Waals surface area (Å²) in [4.78, 5) is 15.3. The Hall–Kier alpha value is -3.06. The van der Waals surface area contributed by atoms with Gasteiger partial charge in [-0.05, 0) is 60.7 Å². The van der Waals surface area contributed by atoms with Crippen LogP contribution < -0.4 is 0 Å². The number of hydrogen-bond acceptors (Lipinski definition) is 4. The lowest BCUT2D eigenvalue weighted by molar-refractivity contribution is 0.0885. The van der Waals surface area contributed by atoms with Gasteiger partial charge in [0.25, 0.3) is 0 Å². The molecule has 3 atom stereocenters. The summed E-state index contributed by atoms with van der Waals surface area (Å²) in [6, 6.07) is 13.5. The van der Waals surface area contributed by atoms with Crippen LogP contribution in [0.5, 0.6) is 5.75 Å². The molecule has 3 unspecified atom stereocenters. The maximum atomic E-state index is 13.2. The van der Waals surface area contributed by atoms with E-state index < -0.39 is 0 Å². The first-order valence-electron chi connectivity index (χ1n) is 8.80. The van der Waals surface area contributed by atoms with Gasteiger partial charge in [-0.25, -0.2) is 0 Å². The van der Waals surface area contributed by atoms with Gasteiger partial charge >= 0.3 is 0 Å². The van der Waals surface area contributed by atoms with Gasteiger partial charge in [0.1, 0.15) is 5.75 Å². The van der Waals surface area contributed by atoms with Gasteiger partial charge in [0.05, 0.1) is 24.1 Å². The summed E-state index contributed by atoms with van der Waals surface area (Å²) in [7, 11) is 0. The number of carbonyl (C=O) groups is 1. The van der Waals surface area contributed by atoms with E-state index in [2.05, 4.69) is 6.07 Å². The third-order valence-corrected chi connectivity index (χ3v) is 5.52. The smallest absolute Gasteiger partial charge is 0.185 e. The average molecular weight is 344 g/mol. The molecule has 0 aromatic heterocycles. The van der Waals surface area contributed by atoms with E-state index >= 15 is 0 Å². The van der Waals surface area contributed by atoms with Gasteiger partial charge in [-0.1, -0.05) is 24.3 Å². The van der Waals surface area contributed by atoms with E-state index in [0.717, 1.165) is 11.1 Å². The highest BCUT2D eigenvalue weighted by molar-refractivity contribution is 6.01. The molecule has 0 amide bonds. The second kappa shape index (κ2) is 6.03. The van der Waals surface area contributed by atoms with Crippen molar-refractivity contribution < 1.29 is 9.90 Å². The van der Waals surface area contributed by atoms with Crippen molar-refractivity contribution in [2.75, 3.05) is 0 Å². The lowest BCUT2D eigenvalue weighted by atomic mass is 9.89. The lowest BCUT2D eigenvalue weighted by Crippen LogP contribution is -2.35. The Morgan fingerprint density at radius 3 is 2.62 bits per heavy atom. The van der Waals surface area contributed by atoms with Gasteiger partial charge in [0, 0.05) is 11.8 Å². The summed E-state index contributed by atoms with van der Waals surface area (Å²) in [6.45, 7) is 3.59. The summed E-state index contributed by atoms with van der Waals surface area (Å²) in [5.41, 5.74) is 4.19. The predicted molar refractivity (Wildman–Crippen MR) is 99.5 cm³/mol. The van der Waals surface area contributed by atoms with Crippen molar-refractivity contribution in [1.29, 1.82) is 5.26 Å². The SMILES string of the molecule is Cc1cc(C(=O)C2CC(C#N)C3c4ccccc4C=CN23)cc(C)c1O. The molecule has 26 heavy (non-hydrogen) atoms. The van der Waals surface area contributed by atoms with Gasteiger partial charge < -0.3 is 10.0 Å². The Labute approximate surface area is 153 Å². The number of ketones is 1. The number of nitriles is 1. The lowest BCUT2D eigenvalue weighted by Gasteiger charge is -2.33. The first kappa shape index (κ1) is 16.4. The molecule has 0 radical (unpaired) electrons. The van der Waals surface area contributed by atoms with E-state index in [1.54, 1.807) is 26.0 Å². The van der Waals surface area contributed by atoms with Crippen LogP contribution in [-0.4, -0.2) is 21.8 Å². The minimum Gasteiger partial charge on any atom is -0.507 e. The normalized spacial score (nSPS) is 23.3. The van der Waals surface area contributed by atoms with Crippen molar-refractivity contribution in [3.05, 3.63) is 70.4 Å². The number of phenols is 1. The third kappa shape index (κ3) is 2.40. The quantitative estimate of drug-likeness (QED) is 0.832. The number of aryl methyl sites for hydroxylation is 2. The fourth-order valence-electron chi connectivity index (χ4n) is 4.22. The molecule has 2 aliphatic rings. The Morgan fingerprint density at radius 2 is 1.92 bits per heavy atom. The van der Waals surface area contributed by atoms with Crippen molar-refractivity contribution in [3.8, 4) is 11.8 Å². The van der Waals surface area contributed by atoms with Gasteiger partial charge in [0.15, 0.2) is 5.78 Å². The number of nitrogens with zero attached hydrogens (tertiary/aromatic N) is 2. The molecule has 2 aliphatic heterocycles. The van der Waals surface area contributed by atoms with Crippen LogP contribution in [0, 0.1) is 31.1 Å². The second-order valence-electron chi connectivity index (χ2n) is 7.15. The molecule has 0 saturated carbocycles. The van der Waals surface area contributed by atoms with E-state index in [1.807, 2.05) is 41.4 Å². The Balaban J connectivity index is 1.74. The molecular formula is C22H20N2O2. The van der Waals surface area contributed by atoms with Crippen molar-refractivity contribution in [2.24, 2.45) is 5.92 Å². The molecule has 1 saturated heterocycles. The molecule has 4 rings (SSSR count). The zero-order valence-corrected chi connectivity index (χ0v) is 14.8. The van der Waals surface area contributed by atoms with Crippen molar-refractivity contribution in [3.63, 3.8) is 0 Å². The highest BCUT2D eigenvalue weighted by atomic mass is 16.3. The number of aromatic hydroxyl groups is 1. The fourth-order valence-corrected chi connectivity index (χ4v) is 4.22. The van der Waals surface area contributed by atoms with Gasteiger partial charge in [-0.3, -0.25) is 4.79 Å². The number of Topliss-reactive ketones (excluding diaryl/α,β-unsaturated/α-hetero) is 1. The maximum absolute atomic E-state index is 13.2. The van der Waals surface area contributed by atoms with E-state index in [-0.39, 0.29) is 29.5 Å². The van der Waals surface area contributed by atoms with E-state index in [1.165, 1.54) is 0 Å². The average Bonchev–Trinajstić information content (AvgIpc) is 3.04. The monoisotopic (exact) mass is 344 g/mol. The maximum Gasteiger partial charge on any atom is 0.185 e. The number of phenolic OH excluding ortho intramolecular Hbond substituents is 1. The van der Waals surface area contributed by atoms with Gasteiger partial charge in [-0.15, -0.1) is 0 Å². The van der Waals surface area contributed by atoms with E-state index in [0.29, 0.717) is 23.1 Å². The predicted octanol–water partition coefficient (Wildman–Crippen LogP) is 4.13. The zero-order valence-electron chi connectivity index (χ0n) is 14.8. The van der Waals surface area contributed by atoms with Crippen molar-refractivity contribution in [1.82, 2.24) is 4.90 Å². The number of benzene rings is 2. The van der Waals surface area contributed by atoms with Crippen LogP contribution in [0.15, 0.2) is 42.6 Å². The first-order chi connectivity index (χ1) is 12.5. The topological polar surface area (TPSA) is 64.3 Å². The van der Waals surface area contributed by atoms with Crippen LogP contribution in [0.3, 0.4) is 0 Å². The van der Waals surface area contributed by atoms with Crippen LogP contribution in [-0.2, 0) is 0 Å². The Kier molecular flexibility index (Phi) is 3.81. The van der Waals surface area contributed by atoms with Gasteiger partial charge in [0.2, 0.25) is 0 Å². The van der Waals surface area contributed by atoms with E-state index in [4.69, 9.17) is 0 Å². The summed E-state index contributed by atoms with van der Waals surface area (Å²) < 4.78 is 0. The van der Waals surface area contributed by atoms with Crippen molar-refractivity contribution in [2.45, 2.75) is 32.4 Å². The number of rotatable bonds is 2. The minimum atomic E-state index is -0.363.